The highest BCUT2D eigenvalue weighted by molar-refractivity contribution is 5.99. The molecule has 1 aliphatic rings. The molecule has 1 amide bonds. The molecule has 0 saturated heterocycles. The molecule has 0 bridgehead atoms. The summed E-state index contributed by atoms with van der Waals surface area (Å²) in [5.41, 5.74) is 3.64. The average molecular weight is 360 g/mol. The molecule has 0 saturated carbocycles. The largest absolute Gasteiger partial charge is 0.454 e. The first-order valence-electron chi connectivity index (χ1n) is 8.82. The molecule has 136 valence electrons. The van der Waals surface area contributed by atoms with Crippen molar-refractivity contribution in [1.82, 2.24) is 0 Å². The zero-order valence-corrected chi connectivity index (χ0v) is 14.9. The van der Waals surface area contributed by atoms with Crippen LogP contribution in [0.2, 0.25) is 0 Å². The van der Waals surface area contributed by atoms with Crippen LogP contribution >= 0.6 is 0 Å². The Hall–Kier alpha value is -3.47. The summed E-state index contributed by atoms with van der Waals surface area (Å²) in [5.74, 6) is 1.28. The van der Waals surface area contributed by atoms with E-state index in [9.17, 15) is 4.79 Å². The first-order valence-corrected chi connectivity index (χ1v) is 8.82. The number of rotatable bonds is 5. The first kappa shape index (κ1) is 17.0. The molecule has 0 radical (unpaired) electrons. The van der Waals surface area contributed by atoms with Gasteiger partial charge in [-0.1, -0.05) is 48.5 Å². The van der Waals surface area contributed by atoms with Crippen LogP contribution in [0.3, 0.4) is 0 Å². The molecule has 4 rings (SSSR count). The fourth-order valence-corrected chi connectivity index (χ4v) is 3.00. The van der Waals surface area contributed by atoms with E-state index in [0.717, 1.165) is 28.3 Å². The van der Waals surface area contributed by atoms with Crippen molar-refractivity contribution < 1.29 is 14.3 Å². The van der Waals surface area contributed by atoms with Gasteiger partial charge in [0.1, 0.15) is 6.04 Å². The molecule has 0 fully saturated rings. The molecule has 27 heavy (non-hydrogen) atoms. The van der Waals surface area contributed by atoms with Crippen molar-refractivity contribution in [3.63, 3.8) is 0 Å². The Morgan fingerprint density at radius 1 is 0.926 bits per heavy atom. The molecule has 1 heterocycles. The Bertz CT molecular complexity index is 957. The summed E-state index contributed by atoms with van der Waals surface area (Å²) >= 11 is 0. The van der Waals surface area contributed by atoms with Gasteiger partial charge in [0.2, 0.25) is 12.7 Å². The molecule has 0 spiro atoms. The van der Waals surface area contributed by atoms with E-state index < -0.39 is 6.04 Å². The van der Waals surface area contributed by atoms with Gasteiger partial charge in [-0.05, 0) is 30.7 Å². The lowest BCUT2D eigenvalue weighted by Gasteiger charge is -2.17. The van der Waals surface area contributed by atoms with Crippen molar-refractivity contribution in [3.05, 3.63) is 72.8 Å². The lowest BCUT2D eigenvalue weighted by molar-refractivity contribution is -0.116. The van der Waals surface area contributed by atoms with Gasteiger partial charge < -0.3 is 20.1 Å². The van der Waals surface area contributed by atoms with E-state index in [-0.39, 0.29) is 12.7 Å². The van der Waals surface area contributed by atoms with E-state index in [0.29, 0.717) is 5.75 Å². The summed E-state index contributed by atoms with van der Waals surface area (Å²) < 4.78 is 10.7. The number of ether oxygens (including phenoxy) is 2. The highest BCUT2D eigenvalue weighted by atomic mass is 16.7. The third-order valence-corrected chi connectivity index (χ3v) is 4.42. The summed E-state index contributed by atoms with van der Waals surface area (Å²) in [7, 11) is 0. The molecular weight excluding hydrogens is 340 g/mol. The molecule has 0 aromatic heterocycles. The van der Waals surface area contributed by atoms with Gasteiger partial charge in [-0.25, -0.2) is 0 Å². The second-order valence-corrected chi connectivity index (χ2v) is 6.33. The maximum atomic E-state index is 12.7. The Morgan fingerprint density at radius 3 is 2.52 bits per heavy atom. The van der Waals surface area contributed by atoms with Crippen LogP contribution in [-0.2, 0) is 4.79 Å². The SMILES string of the molecule is CC(Nc1ccc2c(c1)OCO2)C(=O)Nc1ccccc1-c1ccccc1. The van der Waals surface area contributed by atoms with Crippen LogP contribution in [-0.4, -0.2) is 18.7 Å². The topological polar surface area (TPSA) is 59.6 Å². The van der Waals surface area contributed by atoms with Gasteiger partial charge in [0.05, 0.1) is 0 Å². The predicted molar refractivity (Wildman–Crippen MR) is 106 cm³/mol. The van der Waals surface area contributed by atoms with E-state index in [1.54, 1.807) is 0 Å². The van der Waals surface area contributed by atoms with Crippen molar-refractivity contribution in [2.45, 2.75) is 13.0 Å². The highest BCUT2D eigenvalue weighted by Gasteiger charge is 2.17. The Balaban J connectivity index is 1.48. The number of hydrogen-bond donors (Lipinski definition) is 2. The van der Waals surface area contributed by atoms with Gasteiger partial charge in [0.25, 0.3) is 0 Å². The zero-order chi connectivity index (χ0) is 18.6. The monoisotopic (exact) mass is 360 g/mol. The Kier molecular flexibility index (Phi) is 4.66. The van der Waals surface area contributed by atoms with Gasteiger partial charge in [0.15, 0.2) is 11.5 Å². The average Bonchev–Trinajstić information content (AvgIpc) is 3.17. The van der Waals surface area contributed by atoms with Gasteiger partial charge >= 0.3 is 0 Å². The Labute approximate surface area is 157 Å². The van der Waals surface area contributed by atoms with Crippen LogP contribution in [0.25, 0.3) is 11.1 Å². The standard InChI is InChI=1S/C22H20N2O3/c1-15(23-17-11-12-20-21(13-17)27-14-26-20)22(25)24-19-10-6-5-9-18(19)16-7-3-2-4-8-16/h2-13,15,23H,14H2,1H3,(H,24,25). The fourth-order valence-electron chi connectivity index (χ4n) is 3.00. The molecule has 0 aliphatic carbocycles. The van der Waals surface area contributed by atoms with Crippen molar-refractivity contribution in [2.75, 3.05) is 17.4 Å². The summed E-state index contributed by atoms with van der Waals surface area (Å²) in [5, 5.41) is 6.23. The van der Waals surface area contributed by atoms with Crippen LogP contribution in [0.5, 0.6) is 11.5 Å². The molecule has 3 aromatic rings. The number of para-hydroxylation sites is 1. The number of benzene rings is 3. The lowest BCUT2D eigenvalue weighted by atomic mass is 10.0. The van der Waals surface area contributed by atoms with Gasteiger partial charge in [0, 0.05) is 23.0 Å². The number of carbonyl (C=O) groups excluding carboxylic acids is 1. The van der Waals surface area contributed by atoms with E-state index in [4.69, 9.17) is 9.47 Å². The second kappa shape index (κ2) is 7.41. The minimum Gasteiger partial charge on any atom is -0.454 e. The molecule has 5 nitrogen and oxygen atoms in total. The number of fused-ring (bicyclic) bond motifs is 1. The quantitative estimate of drug-likeness (QED) is 0.702. The maximum absolute atomic E-state index is 12.7. The summed E-state index contributed by atoms with van der Waals surface area (Å²) in [4.78, 5) is 12.7. The minimum absolute atomic E-state index is 0.115. The van der Waals surface area contributed by atoms with E-state index in [2.05, 4.69) is 10.6 Å². The third-order valence-electron chi connectivity index (χ3n) is 4.42. The van der Waals surface area contributed by atoms with Crippen molar-refractivity contribution in [2.24, 2.45) is 0 Å². The number of carbonyl (C=O) groups is 1. The van der Waals surface area contributed by atoms with Crippen LogP contribution in [0, 0.1) is 0 Å². The molecular formula is C22H20N2O3. The lowest BCUT2D eigenvalue weighted by Crippen LogP contribution is -2.32. The Morgan fingerprint density at radius 2 is 1.67 bits per heavy atom. The normalized spacial score (nSPS) is 13.1. The maximum Gasteiger partial charge on any atom is 0.246 e. The molecule has 5 heteroatoms. The summed E-state index contributed by atoms with van der Waals surface area (Å²) in [6.45, 7) is 2.05. The number of hydrogen-bond acceptors (Lipinski definition) is 4. The van der Waals surface area contributed by atoms with Gasteiger partial charge in [-0.15, -0.1) is 0 Å². The summed E-state index contributed by atoms with van der Waals surface area (Å²) in [6, 6.07) is 22.9. The van der Waals surface area contributed by atoms with E-state index >= 15 is 0 Å². The molecule has 2 N–H and O–H groups in total. The number of anilines is 2. The van der Waals surface area contributed by atoms with Gasteiger partial charge in [-0.3, -0.25) is 4.79 Å². The second-order valence-electron chi connectivity index (χ2n) is 6.33. The molecule has 1 aliphatic heterocycles. The molecule has 1 unspecified atom stereocenters. The molecule has 3 aromatic carbocycles. The fraction of sp³-hybridized carbons (Fsp3) is 0.136. The number of amides is 1. The highest BCUT2D eigenvalue weighted by Crippen LogP contribution is 2.34. The third kappa shape index (κ3) is 3.72. The minimum atomic E-state index is -0.422. The number of nitrogens with one attached hydrogen (secondary N) is 2. The van der Waals surface area contributed by atoms with Crippen LogP contribution in [0.15, 0.2) is 72.8 Å². The van der Waals surface area contributed by atoms with Crippen molar-refractivity contribution >= 4 is 17.3 Å². The van der Waals surface area contributed by atoms with Crippen molar-refractivity contribution in [3.8, 4) is 22.6 Å². The summed E-state index contributed by atoms with van der Waals surface area (Å²) in [6.07, 6.45) is 0. The molecule has 1 atom stereocenters. The van der Waals surface area contributed by atoms with E-state index in [1.807, 2.05) is 79.7 Å². The van der Waals surface area contributed by atoms with Crippen LogP contribution in [0.1, 0.15) is 6.92 Å². The predicted octanol–water partition coefficient (Wildman–Crippen LogP) is 4.52. The van der Waals surface area contributed by atoms with Crippen LogP contribution < -0.4 is 20.1 Å². The van der Waals surface area contributed by atoms with Gasteiger partial charge in [-0.2, -0.15) is 0 Å². The first-order chi connectivity index (χ1) is 13.2. The van der Waals surface area contributed by atoms with Crippen LogP contribution in [0.4, 0.5) is 11.4 Å². The van der Waals surface area contributed by atoms with Crippen molar-refractivity contribution in [1.29, 1.82) is 0 Å². The zero-order valence-electron chi connectivity index (χ0n) is 14.9. The smallest absolute Gasteiger partial charge is 0.246 e. The van der Waals surface area contributed by atoms with E-state index in [1.165, 1.54) is 0 Å².